The Hall–Kier alpha value is -0.320. The van der Waals surface area contributed by atoms with Crippen LogP contribution in [-0.4, -0.2) is 15.7 Å². The maximum Gasteiger partial charge on any atom is 0.129 e. The van der Waals surface area contributed by atoms with Crippen LogP contribution < -0.4 is 0 Å². The molecule has 2 heterocycles. The van der Waals surface area contributed by atoms with Crippen molar-refractivity contribution in [2.45, 2.75) is 18.9 Å². The van der Waals surface area contributed by atoms with E-state index in [-0.39, 0.29) is 0 Å². The van der Waals surface area contributed by atoms with Gasteiger partial charge in [0.05, 0.1) is 10.4 Å². The van der Waals surface area contributed by atoms with Crippen LogP contribution in [0.5, 0.6) is 0 Å². The first-order valence-electron chi connectivity index (χ1n) is 4.69. The summed E-state index contributed by atoms with van der Waals surface area (Å²) in [5, 5.41) is 4.69. The summed E-state index contributed by atoms with van der Waals surface area (Å²) in [5.41, 5.74) is 0. The van der Waals surface area contributed by atoms with Gasteiger partial charge in [-0.15, -0.1) is 23.1 Å². The number of thioether (sulfide) groups is 1. The third-order valence-electron chi connectivity index (χ3n) is 1.84. The minimum absolute atomic E-state index is 0.650. The van der Waals surface area contributed by atoms with E-state index in [0.717, 1.165) is 26.0 Å². The Morgan fingerprint density at radius 2 is 2.27 bits per heavy atom. The maximum absolute atomic E-state index is 6.11. The number of rotatable bonds is 3. The van der Waals surface area contributed by atoms with Crippen molar-refractivity contribution in [3.63, 3.8) is 0 Å². The van der Waals surface area contributed by atoms with E-state index in [1.54, 1.807) is 29.4 Å². The smallest absolute Gasteiger partial charge is 0.129 e. The summed E-state index contributed by atoms with van der Waals surface area (Å²) >= 11 is 9.42. The molecule has 0 aliphatic rings. The number of thiophene rings is 1. The Bertz CT molecular complexity index is 467. The number of nitrogens with zero attached hydrogens (tertiary/aromatic N) is 2. The van der Waals surface area contributed by atoms with Crippen LogP contribution in [0, 0.1) is 5.92 Å². The van der Waals surface area contributed by atoms with Gasteiger partial charge in [-0.05, 0) is 5.92 Å². The molecule has 0 N–H and O–H groups in total. The Morgan fingerprint density at radius 1 is 1.47 bits per heavy atom. The third-order valence-corrected chi connectivity index (χ3v) is 4.57. The zero-order valence-electron chi connectivity index (χ0n) is 8.53. The van der Waals surface area contributed by atoms with Crippen LogP contribution in [0.2, 0.25) is 5.02 Å². The highest BCUT2D eigenvalue weighted by Gasteiger charge is 2.10. The summed E-state index contributed by atoms with van der Waals surface area (Å²) in [5.74, 6) is 1.70. The molecule has 0 amide bonds. The molecule has 0 aromatic carbocycles. The van der Waals surface area contributed by atoms with Crippen molar-refractivity contribution < 1.29 is 0 Å². The first kappa shape index (κ1) is 11.2. The molecule has 15 heavy (non-hydrogen) atoms. The van der Waals surface area contributed by atoms with Gasteiger partial charge >= 0.3 is 0 Å². The standard InChI is InChI=1S/C10H11ClN2S2/c1-6(2)3-14-9-8-7(11)4-15-10(8)13-5-12-9/h4-6H,3H2,1-2H3. The van der Waals surface area contributed by atoms with Crippen molar-refractivity contribution in [3.05, 3.63) is 16.7 Å². The largest absolute Gasteiger partial charge is 0.229 e. The molecule has 0 fully saturated rings. The zero-order chi connectivity index (χ0) is 10.8. The second kappa shape index (κ2) is 4.68. The van der Waals surface area contributed by atoms with Crippen LogP contribution >= 0.6 is 34.7 Å². The van der Waals surface area contributed by atoms with Crippen LogP contribution in [0.25, 0.3) is 10.2 Å². The predicted octanol–water partition coefficient (Wildman–Crippen LogP) is 4.09. The highest BCUT2D eigenvalue weighted by atomic mass is 35.5. The van der Waals surface area contributed by atoms with E-state index >= 15 is 0 Å². The van der Waals surface area contributed by atoms with Gasteiger partial charge in [0.25, 0.3) is 0 Å². The van der Waals surface area contributed by atoms with Crippen molar-refractivity contribution in [1.82, 2.24) is 9.97 Å². The summed E-state index contributed by atoms with van der Waals surface area (Å²) in [7, 11) is 0. The Balaban J connectivity index is 2.37. The molecule has 0 spiro atoms. The fourth-order valence-electron chi connectivity index (χ4n) is 1.17. The number of hydrogen-bond acceptors (Lipinski definition) is 4. The van der Waals surface area contributed by atoms with Gasteiger partial charge in [-0.2, -0.15) is 0 Å². The van der Waals surface area contributed by atoms with Crippen LogP contribution in [0.3, 0.4) is 0 Å². The van der Waals surface area contributed by atoms with Crippen molar-refractivity contribution in [2.24, 2.45) is 5.92 Å². The lowest BCUT2D eigenvalue weighted by molar-refractivity contribution is 0.749. The first-order chi connectivity index (χ1) is 7.18. The van der Waals surface area contributed by atoms with Gasteiger partial charge in [-0.1, -0.05) is 25.4 Å². The fourth-order valence-corrected chi connectivity index (χ4v) is 3.39. The average molecular weight is 259 g/mol. The molecule has 2 aromatic rings. The Labute approximate surface area is 102 Å². The summed E-state index contributed by atoms with van der Waals surface area (Å²) in [4.78, 5) is 9.46. The molecule has 80 valence electrons. The molecule has 0 aliphatic heterocycles. The number of halogens is 1. The lowest BCUT2D eigenvalue weighted by atomic mass is 10.3. The molecule has 2 rings (SSSR count). The van der Waals surface area contributed by atoms with E-state index in [1.807, 2.05) is 5.38 Å². The third kappa shape index (κ3) is 2.44. The molecule has 5 heteroatoms. The first-order valence-corrected chi connectivity index (χ1v) is 6.93. The van der Waals surface area contributed by atoms with Gasteiger partial charge in [0.2, 0.25) is 0 Å². The summed E-state index contributed by atoms with van der Waals surface area (Å²) in [6.45, 7) is 4.39. The van der Waals surface area contributed by atoms with Gasteiger partial charge in [0, 0.05) is 11.1 Å². The lowest BCUT2D eigenvalue weighted by Crippen LogP contribution is -1.92. The van der Waals surface area contributed by atoms with Crippen molar-refractivity contribution >= 4 is 44.9 Å². The molecule has 0 atom stereocenters. The molecule has 0 saturated heterocycles. The summed E-state index contributed by atoms with van der Waals surface area (Å²) < 4.78 is 0. The highest BCUT2D eigenvalue weighted by Crippen LogP contribution is 2.35. The number of fused-ring (bicyclic) bond motifs is 1. The van der Waals surface area contributed by atoms with E-state index in [0.29, 0.717) is 5.92 Å². The molecular formula is C10H11ClN2S2. The minimum atomic E-state index is 0.650. The molecule has 0 unspecified atom stereocenters. The average Bonchev–Trinajstić information content (AvgIpc) is 2.58. The van der Waals surface area contributed by atoms with Gasteiger partial charge in [0.1, 0.15) is 16.2 Å². The van der Waals surface area contributed by atoms with E-state index < -0.39 is 0 Å². The quantitative estimate of drug-likeness (QED) is 0.613. The van der Waals surface area contributed by atoms with Crippen LogP contribution in [0.4, 0.5) is 0 Å². The van der Waals surface area contributed by atoms with E-state index in [1.165, 1.54) is 0 Å². The Morgan fingerprint density at radius 3 is 3.00 bits per heavy atom. The van der Waals surface area contributed by atoms with Gasteiger partial charge in [-0.3, -0.25) is 0 Å². The molecule has 2 aromatic heterocycles. The van der Waals surface area contributed by atoms with Crippen molar-refractivity contribution in [2.75, 3.05) is 5.75 Å². The second-order valence-corrected chi connectivity index (χ2v) is 5.92. The van der Waals surface area contributed by atoms with Crippen LogP contribution in [0.15, 0.2) is 16.7 Å². The molecule has 0 bridgehead atoms. The molecule has 0 saturated carbocycles. The normalized spacial score (nSPS) is 11.5. The SMILES string of the molecule is CC(C)CSc1ncnc2scc(Cl)c12. The summed E-state index contributed by atoms with van der Waals surface area (Å²) in [6, 6.07) is 0. The molecular weight excluding hydrogens is 248 g/mol. The molecule has 2 nitrogen and oxygen atoms in total. The van der Waals surface area contributed by atoms with Gasteiger partial charge in [-0.25, -0.2) is 9.97 Å². The molecule has 0 radical (unpaired) electrons. The van der Waals surface area contributed by atoms with Crippen LogP contribution in [0.1, 0.15) is 13.8 Å². The molecule has 0 aliphatic carbocycles. The van der Waals surface area contributed by atoms with Crippen molar-refractivity contribution in [3.8, 4) is 0 Å². The maximum atomic E-state index is 6.11. The van der Waals surface area contributed by atoms with Gasteiger partial charge < -0.3 is 0 Å². The van der Waals surface area contributed by atoms with Gasteiger partial charge in [0.15, 0.2) is 0 Å². The lowest BCUT2D eigenvalue weighted by Gasteiger charge is -2.04. The van der Waals surface area contributed by atoms with Crippen molar-refractivity contribution in [1.29, 1.82) is 0 Å². The highest BCUT2D eigenvalue weighted by molar-refractivity contribution is 7.99. The minimum Gasteiger partial charge on any atom is -0.229 e. The van der Waals surface area contributed by atoms with E-state index in [4.69, 9.17) is 11.6 Å². The fraction of sp³-hybridized carbons (Fsp3) is 0.400. The van der Waals surface area contributed by atoms with E-state index in [9.17, 15) is 0 Å². The number of aromatic nitrogens is 2. The van der Waals surface area contributed by atoms with E-state index in [2.05, 4.69) is 23.8 Å². The summed E-state index contributed by atoms with van der Waals surface area (Å²) in [6.07, 6.45) is 1.61. The number of hydrogen-bond donors (Lipinski definition) is 0. The topological polar surface area (TPSA) is 25.8 Å². The monoisotopic (exact) mass is 258 g/mol. The second-order valence-electron chi connectivity index (χ2n) is 3.65. The predicted molar refractivity (Wildman–Crippen MR) is 68.0 cm³/mol. The Kier molecular flexibility index (Phi) is 3.49. The van der Waals surface area contributed by atoms with Crippen LogP contribution in [-0.2, 0) is 0 Å². The zero-order valence-corrected chi connectivity index (χ0v) is 10.9.